The molecule has 0 aliphatic rings. The molecule has 2 atom stereocenters. The van der Waals surface area contributed by atoms with E-state index >= 15 is 0 Å². The van der Waals surface area contributed by atoms with E-state index in [4.69, 9.17) is 5.11 Å². The number of rotatable bonds is 7. The highest BCUT2D eigenvalue weighted by atomic mass is 32.2. The molecule has 0 bridgehead atoms. The van der Waals surface area contributed by atoms with Crippen LogP contribution in [0.3, 0.4) is 0 Å². The van der Waals surface area contributed by atoms with Gasteiger partial charge in [-0.05, 0) is 20.3 Å². The van der Waals surface area contributed by atoms with Gasteiger partial charge in [0.05, 0.1) is 11.0 Å². The Hall–Kier alpha value is -0.710. The molecular weight excluding hydrogens is 214 g/mol. The van der Waals surface area contributed by atoms with Crippen LogP contribution in [-0.4, -0.2) is 34.0 Å². The summed E-state index contributed by atoms with van der Waals surface area (Å²) in [5.41, 5.74) is 0. The molecule has 0 saturated heterocycles. The van der Waals surface area contributed by atoms with E-state index in [0.29, 0.717) is 0 Å². The molecule has 88 valence electrons. The number of hydrogen-bond acceptors (Lipinski definition) is 3. The predicted molar refractivity (Wildman–Crippen MR) is 62.1 cm³/mol. The lowest BCUT2D eigenvalue weighted by molar-refractivity contribution is -0.136. The Bertz CT molecular complexity index is 221. The van der Waals surface area contributed by atoms with Crippen molar-refractivity contribution in [3.8, 4) is 0 Å². The van der Waals surface area contributed by atoms with E-state index in [1.165, 1.54) is 0 Å². The maximum atomic E-state index is 11.3. The zero-order chi connectivity index (χ0) is 11.8. The van der Waals surface area contributed by atoms with Gasteiger partial charge in [0.2, 0.25) is 5.91 Å². The summed E-state index contributed by atoms with van der Waals surface area (Å²) < 4.78 is 0. The molecule has 15 heavy (non-hydrogen) atoms. The van der Waals surface area contributed by atoms with Crippen LogP contribution in [0.5, 0.6) is 0 Å². The van der Waals surface area contributed by atoms with Crippen molar-refractivity contribution >= 4 is 23.6 Å². The number of carboxylic acids is 1. The molecule has 0 spiro atoms. The van der Waals surface area contributed by atoms with Crippen molar-refractivity contribution in [3.05, 3.63) is 0 Å². The lowest BCUT2D eigenvalue weighted by Crippen LogP contribution is -2.34. The van der Waals surface area contributed by atoms with Crippen LogP contribution in [0.2, 0.25) is 0 Å². The van der Waals surface area contributed by atoms with Crippen molar-refractivity contribution < 1.29 is 14.7 Å². The maximum absolute atomic E-state index is 11.3. The molecule has 5 heteroatoms. The first kappa shape index (κ1) is 14.3. The van der Waals surface area contributed by atoms with Gasteiger partial charge >= 0.3 is 5.97 Å². The molecule has 0 aromatic heterocycles. The molecule has 0 aromatic rings. The fourth-order valence-corrected chi connectivity index (χ4v) is 1.72. The monoisotopic (exact) mass is 233 g/mol. The first-order valence-corrected chi connectivity index (χ1v) is 6.16. The van der Waals surface area contributed by atoms with Gasteiger partial charge in [0.1, 0.15) is 0 Å². The standard InChI is InChI=1S/C10H19NO3S/c1-4-5-7(2)11-9(12)6-15-8(3)10(13)14/h7-8H,4-6H2,1-3H3,(H,11,12)(H,13,14). The minimum atomic E-state index is -0.880. The lowest BCUT2D eigenvalue weighted by atomic mass is 10.2. The third kappa shape index (κ3) is 7.25. The SMILES string of the molecule is CCCC(C)NC(=O)CSC(C)C(=O)O. The summed E-state index contributed by atoms with van der Waals surface area (Å²) in [6, 6.07) is 0.170. The summed E-state index contributed by atoms with van der Waals surface area (Å²) in [5.74, 6) is -0.759. The van der Waals surface area contributed by atoms with Gasteiger partial charge in [-0.3, -0.25) is 9.59 Å². The number of carbonyl (C=O) groups excluding carboxylic acids is 1. The van der Waals surface area contributed by atoms with E-state index in [1.54, 1.807) is 6.92 Å². The molecule has 0 fully saturated rings. The fourth-order valence-electron chi connectivity index (χ4n) is 1.09. The van der Waals surface area contributed by atoms with Gasteiger partial charge in [0, 0.05) is 6.04 Å². The fraction of sp³-hybridized carbons (Fsp3) is 0.800. The van der Waals surface area contributed by atoms with E-state index in [-0.39, 0.29) is 17.7 Å². The summed E-state index contributed by atoms with van der Waals surface area (Å²) in [4.78, 5) is 21.8. The minimum absolute atomic E-state index is 0.0888. The molecule has 0 radical (unpaired) electrons. The van der Waals surface area contributed by atoms with Crippen LogP contribution in [0.25, 0.3) is 0 Å². The second-order valence-corrected chi connectivity index (χ2v) is 4.88. The van der Waals surface area contributed by atoms with Crippen molar-refractivity contribution in [3.63, 3.8) is 0 Å². The number of hydrogen-bond donors (Lipinski definition) is 2. The summed E-state index contributed by atoms with van der Waals surface area (Å²) >= 11 is 1.14. The quantitative estimate of drug-likeness (QED) is 0.699. The van der Waals surface area contributed by atoms with Crippen molar-refractivity contribution in [2.45, 2.75) is 44.9 Å². The summed E-state index contributed by atoms with van der Waals surface area (Å²) in [5, 5.41) is 10.9. The number of aliphatic carboxylic acids is 1. The molecule has 0 heterocycles. The Morgan fingerprint density at radius 2 is 2.00 bits per heavy atom. The van der Waals surface area contributed by atoms with Gasteiger partial charge in [-0.2, -0.15) is 0 Å². The highest BCUT2D eigenvalue weighted by Gasteiger charge is 2.14. The third-order valence-electron chi connectivity index (χ3n) is 1.94. The van der Waals surface area contributed by atoms with Crippen LogP contribution in [0.4, 0.5) is 0 Å². The predicted octanol–water partition coefficient (Wildman–Crippen LogP) is 1.50. The number of thioether (sulfide) groups is 1. The lowest BCUT2D eigenvalue weighted by Gasteiger charge is -2.13. The van der Waals surface area contributed by atoms with Gasteiger partial charge in [0.15, 0.2) is 0 Å². The van der Waals surface area contributed by atoms with E-state index < -0.39 is 11.2 Å². The van der Waals surface area contributed by atoms with E-state index in [0.717, 1.165) is 24.6 Å². The first-order chi connectivity index (χ1) is 6.97. The highest BCUT2D eigenvalue weighted by molar-refractivity contribution is 8.01. The second kappa shape index (κ2) is 7.56. The van der Waals surface area contributed by atoms with Crippen LogP contribution in [0.1, 0.15) is 33.6 Å². The zero-order valence-corrected chi connectivity index (χ0v) is 10.3. The summed E-state index contributed by atoms with van der Waals surface area (Å²) in [7, 11) is 0. The molecule has 0 saturated carbocycles. The Kier molecular flexibility index (Phi) is 7.21. The Morgan fingerprint density at radius 1 is 1.40 bits per heavy atom. The van der Waals surface area contributed by atoms with Crippen molar-refractivity contribution in [2.75, 3.05) is 5.75 Å². The van der Waals surface area contributed by atoms with Gasteiger partial charge in [0.25, 0.3) is 0 Å². The highest BCUT2D eigenvalue weighted by Crippen LogP contribution is 2.09. The Morgan fingerprint density at radius 3 is 2.47 bits per heavy atom. The Labute approximate surface area is 94.8 Å². The average molecular weight is 233 g/mol. The molecule has 0 aliphatic carbocycles. The molecule has 4 nitrogen and oxygen atoms in total. The van der Waals surface area contributed by atoms with Crippen molar-refractivity contribution in [1.82, 2.24) is 5.32 Å². The normalized spacial score (nSPS) is 14.3. The summed E-state index contributed by atoms with van der Waals surface area (Å²) in [6.45, 7) is 5.59. The van der Waals surface area contributed by atoms with Crippen molar-refractivity contribution in [2.24, 2.45) is 0 Å². The number of nitrogens with one attached hydrogen (secondary N) is 1. The summed E-state index contributed by atoms with van der Waals surface area (Å²) in [6.07, 6.45) is 1.98. The molecule has 2 N–H and O–H groups in total. The number of amides is 1. The van der Waals surface area contributed by atoms with Gasteiger partial charge in [-0.15, -0.1) is 11.8 Å². The zero-order valence-electron chi connectivity index (χ0n) is 9.45. The van der Waals surface area contributed by atoms with Gasteiger partial charge in [-0.1, -0.05) is 13.3 Å². The molecule has 2 unspecified atom stereocenters. The topological polar surface area (TPSA) is 66.4 Å². The van der Waals surface area contributed by atoms with Gasteiger partial charge in [-0.25, -0.2) is 0 Å². The number of carboxylic acid groups (broad SMARTS) is 1. The molecule has 1 amide bonds. The average Bonchev–Trinajstić information content (AvgIpc) is 2.14. The van der Waals surface area contributed by atoms with E-state index in [1.807, 2.05) is 6.92 Å². The molecule has 0 aromatic carbocycles. The van der Waals surface area contributed by atoms with Crippen LogP contribution >= 0.6 is 11.8 Å². The molecule has 0 rings (SSSR count). The van der Waals surface area contributed by atoms with Gasteiger partial charge < -0.3 is 10.4 Å². The Balaban J connectivity index is 3.70. The second-order valence-electron chi connectivity index (χ2n) is 3.55. The number of carbonyl (C=O) groups is 2. The van der Waals surface area contributed by atoms with Crippen LogP contribution in [0.15, 0.2) is 0 Å². The first-order valence-electron chi connectivity index (χ1n) is 5.11. The maximum Gasteiger partial charge on any atom is 0.316 e. The van der Waals surface area contributed by atoms with E-state index in [9.17, 15) is 9.59 Å². The van der Waals surface area contributed by atoms with E-state index in [2.05, 4.69) is 12.2 Å². The van der Waals surface area contributed by atoms with Crippen molar-refractivity contribution in [1.29, 1.82) is 0 Å². The molecular formula is C10H19NO3S. The third-order valence-corrected chi connectivity index (χ3v) is 3.07. The minimum Gasteiger partial charge on any atom is -0.480 e. The van der Waals surface area contributed by atoms with Crippen LogP contribution in [-0.2, 0) is 9.59 Å². The molecule has 0 aliphatic heterocycles. The smallest absolute Gasteiger partial charge is 0.316 e. The van der Waals surface area contributed by atoms with Crippen LogP contribution in [0, 0.1) is 0 Å². The largest absolute Gasteiger partial charge is 0.480 e. The van der Waals surface area contributed by atoms with Crippen LogP contribution < -0.4 is 5.32 Å².